The van der Waals surface area contributed by atoms with E-state index < -0.39 is 0 Å². The molecule has 7 heteroatoms. The molecule has 0 saturated heterocycles. The van der Waals surface area contributed by atoms with E-state index in [-0.39, 0.29) is 34.5 Å². The monoisotopic (exact) mass is 368 g/mol. The van der Waals surface area contributed by atoms with Gasteiger partial charge in [0.2, 0.25) is 0 Å². The predicted octanol–water partition coefficient (Wildman–Crippen LogP) is 1.64. The molecule has 2 heterocycles. The molecule has 0 unspecified atom stereocenters. The van der Waals surface area contributed by atoms with E-state index in [4.69, 9.17) is 0 Å². The van der Waals surface area contributed by atoms with Crippen LogP contribution in [0.3, 0.4) is 0 Å². The quantitative estimate of drug-likeness (QED) is 0.857. The molecule has 1 amide bonds. The second-order valence-electron chi connectivity index (χ2n) is 7.88. The molecule has 2 aromatic heterocycles. The maximum absolute atomic E-state index is 12.6. The third-order valence-corrected chi connectivity index (χ3v) is 5.73. The molecule has 4 rings (SSSR count). The van der Waals surface area contributed by atoms with E-state index in [0.717, 1.165) is 42.9 Å². The Morgan fingerprint density at radius 1 is 1.19 bits per heavy atom. The topological polar surface area (TPSA) is 96.9 Å². The van der Waals surface area contributed by atoms with Crippen LogP contribution in [-0.4, -0.2) is 26.5 Å². The lowest BCUT2D eigenvalue weighted by atomic mass is 9.78. The number of nitrogens with zero attached hydrogens (tertiary/aromatic N) is 2. The minimum Gasteiger partial charge on any atom is -0.349 e. The van der Waals surface area contributed by atoms with Crippen molar-refractivity contribution in [2.75, 3.05) is 0 Å². The molecule has 0 radical (unpaired) electrons. The van der Waals surface area contributed by atoms with Gasteiger partial charge in [-0.05, 0) is 51.2 Å². The van der Waals surface area contributed by atoms with Crippen LogP contribution in [0.1, 0.15) is 70.7 Å². The van der Waals surface area contributed by atoms with Crippen LogP contribution in [0.2, 0.25) is 0 Å². The van der Waals surface area contributed by atoms with Crippen molar-refractivity contribution in [3.05, 3.63) is 61.2 Å². The Kier molecular flexibility index (Phi) is 4.25. The summed E-state index contributed by atoms with van der Waals surface area (Å²) in [6.07, 6.45) is 3.64. The second kappa shape index (κ2) is 6.48. The number of pyridine rings is 1. The summed E-state index contributed by atoms with van der Waals surface area (Å²) in [7, 11) is 1.67. The fourth-order valence-electron chi connectivity index (χ4n) is 3.75. The summed E-state index contributed by atoms with van der Waals surface area (Å²) >= 11 is 0. The van der Waals surface area contributed by atoms with Gasteiger partial charge >= 0.3 is 0 Å². The maximum atomic E-state index is 12.6. The first kappa shape index (κ1) is 17.7. The molecule has 0 aromatic carbocycles. The molecule has 2 aromatic rings. The first-order valence-electron chi connectivity index (χ1n) is 9.42. The molecular weight excluding hydrogens is 344 g/mol. The molecule has 2 fully saturated rings. The number of aromatic amines is 1. The Balaban J connectivity index is 1.44. The van der Waals surface area contributed by atoms with Gasteiger partial charge in [0.25, 0.3) is 17.0 Å². The number of amides is 1. The van der Waals surface area contributed by atoms with Crippen LogP contribution in [0, 0.1) is 13.8 Å². The molecule has 0 atom stereocenters. The largest absolute Gasteiger partial charge is 0.349 e. The molecule has 0 bridgehead atoms. The summed E-state index contributed by atoms with van der Waals surface area (Å²) in [4.78, 5) is 44.3. The Morgan fingerprint density at radius 2 is 1.89 bits per heavy atom. The van der Waals surface area contributed by atoms with Gasteiger partial charge in [0.05, 0.1) is 5.69 Å². The van der Waals surface area contributed by atoms with Gasteiger partial charge in [-0.25, -0.2) is 4.98 Å². The molecule has 142 valence electrons. The van der Waals surface area contributed by atoms with Crippen molar-refractivity contribution in [1.29, 1.82) is 0 Å². The van der Waals surface area contributed by atoms with Crippen molar-refractivity contribution in [2.45, 2.75) is 57.4 Å². The molecule has 2 N–H and O–H groups in total. The SMILES string of the molecule is Cc1cc(C)n(C)c(=O)c1C(=O)NC1CC(c2cc(=O)[nH]c(C3CC3)n2)C1. The van der Waals surface area contributed by atoms with E-state index in [1.807, 2.05) is 13.0 Å². The van der Waals surface area contributed by atoms with Gasteiger partial charge in [-0.1, -0.05) is 0 Å². The van der Waals surface area contributed by atoms with E-state index in [1.165, 1.54) is 4.57 Å². The Morgan fingerprint density at radius 3 is 2.56 bits per heavy atom. The van der Waals surface area contributed by atoms with Gasteiger partial charge in [-0.15, -0.1) is 0 Å². The van der Waals surface area contributed by atoms with Gasteiger partial charge < -0.3 is 14.9 Å². The number of hydrogen-bond donors (Lipinski definition) is 2. The van der Waals surface area contributed by atoms with E-state index in [9.17, 15) is 14.4 Å². The van der Waals surface area contributed by atoms with Gasteiger partial charge in [0.15, 0.2) is 0 Å². The minimum absolute atomic E-state index is 0.00151. The van der Waals surface area contributed by atoms with E-state index in [2.05, 4.69) is 15.3 Å². The highest BCUT2D eigenvalue weighted by Crippen LogP contribution is 2.40. The Bertz CT molecular complexity index is 1030. The lowest BCUT2D eigenvalue weighted by molar-refractivity contribution is 0.0905. The van der Waals surface area contributed by atoms with Crippen LogP contribution in [-0.2, 0) is 7.05 Å². The third-order valence-electron chi connectivity index (χ3n) is 5.73. The van der Waals surface area contributed by atoms with Crippen molar-refractivity contribution in [3.63, 3.8) is 0 Å². The smallest absolute Gasteiger partial charge is 0.263 e. The molecule has 7 nitrogen and oxygen atoms in total. The van der Waals surface area contributed by atoms with Crippen molar-refractivity contribution in [2.24, 2.45) is 7.05 Å². The summed E-state index contributed by atoms with van der Waals surface area (Å²) in [5.74, 6) is 1.05. The fourth-order valence-corrected chi connectivity index (χ4v) is 3.75. The molecule has 2 saturated carbocycles. The minimum atomic E-state index is -0.325. The summed E-state index contributed by atoms with van der Waals surface area (Å²) in [5, 5.41) is 2.96. The average molecular weight is 368 g/mol. The standard InChI is InChI=1S/C20H24N4O3/c1-10-6-11(2)24(3)20(27)17(10)19(26)21-14-7-13(8-14)15-9-16(25)23-18(22-15)12-4-5-12/h6,9,12-14H,4-5,7-8H2,1-3H3,(H,21,26)(H,22,23,25). The summed E-state index contributed by atoms with van der Waals surface area (Å²) in [5.41, 5.74) is 2.16. The number of aromatic nitrogens is 3. The predicted molar refractivity (Wildman–Crippen MR) is 101 cm³/mol. The van der Waals surface area contributed by atoms with E-state index >= 15 is 0 Å². The van der Waals surface area contributed by atoms with E-state index in [0.29, 0.717) is 11.5 Å². The van der Waals surface area contributed by atoms with Crippen LogP contribution < -0.4 is 16.4 Å². The summed E-state index contributed by atoms with van der Waals surface area (Å²) < 4.78 is 1.49. The van der Waals surface area contributed by atoms with Crippen molar-refractivity contribution < 1.29 is 4.79 Å². The molecule has 2 aliphatic carbocycles. The highest BCUT2D eigenvalue weighted by molar-refractivity contribution is 5.95. The lowest BCUT2D eigenvalue weighted by Gasteiger charge is -2.35. The van der Waals surface area contributed by atoms with E-state index in [1.54, 1.807) is 20.0 Å². The highest BCUT2D eigenvalue weighted by atomic mass is 16.2. The Hall–Kier alpha value is -2.70. The van der Waals surface area contributed by atoms with Gasteiger partial charge in [0, 0.05) is 36.7 Å². The van der Waals surface area contributed by atoms with Crippen LogP contribution in [0.25, 0.3) is 0 Å². The van der Waals surface area contributed by atoms with Crippen LogP contribution in [0.15, 0.2) is 21.7 Å². The zero-order chi connectivity index (χ0) is 19.3. The van der Waals surface area contributed by atoms with Gasteiger partial charge in [0.1, 0.15) is 11.4 Å². The molecule has 2 aliphatic rings. The first-order valence-corrected chi connectivity index (χ1v) is 9.42. The lowest BCUT2D eigenvalue weighted by Crippen LogP contribution is -2.46. The molecule has 0 spiro atoms. The number of rotatable bonds is 4. The van der Waals surface area contributed by atoms with Crippen molar-refractivity contribution in [1.82, 2.24) is 19.9 Å². The zero-order valence-electron chi connectivity index (χ0n) is 15.8. The van der Waals surface area contributed by atoms with Crippen molar-refractivity contribution >= 4 is 5.91 Å². The molecular formula is C20H24N4O3. The highest BCUT2D eigenvalue weighted by Gasteiger charge is 2.35. The Labute approximate surface area is 156 Å². The number of nitrogens with one attached hydrogen (secondary N) is 2. The molecule has 0 aliphatic heterocycles. The molecule has 27 heavy (non-hydrogen) atoms. The second-order valence-corrected chi connectivity index (χ2v) is 7.88. The van der Waals surface area contributed by atoms with Crippen LogP contribution in [0.5, 0.6) is 0 Å². The van der Waals surface area contributed by atoms with Gasteiger partial charge in [-0.3, -0.25) is 14.4 Å². The van der Waals surface area contributed by atoms with Crippen molar-refractivity contribution in [3.8, 4) is 0 Å². The number of carbonyl (C=O) groups is 1. The number of aryl methyl sites for hydroxylation is 2. The third kappa shape index (κ3) is 3.34. The summed E-state index contributed by atoms with van der Waals surface area (Å²) in [6.45, 7) is 3.63. The first-order chi connectivity index (χ1) is 12.8. The fraction of sp³-hybridized carbons (Fsp3) is 0.500. The normalized spacial score (nSPS) is 21.6. The van der Waals surface area contributed by atoms with Crippen LogP contribution in [0.4, 0.5) is 0 Å². The maximum Gasteiger partial charge on any atom is 0.263 e. The summed E-state index contributed by atoms with van der Waals surface area (Å²) in [6, 6.07) is 3.41. The average Bonchev–Trinajstić information content (AvgIpc) is 3.40. The van der Waals surface area contributed by atoms with Crippen LogP contribution >= 0.6 is 0 Å². The number of hydrogen-bond acceptors (Lipinski definition) is 4. The number of H-pyrrole nitrogens is 1. The zero-order valence-corrected chi connectivity index (χ0v) is 15.8. The number of carbonyl (C=O) groups excluding carboxylic acids is 1. The van der Waals surface area contributed by atoms with Gasteiger partial charge in [-0.2, -0.15) is 0 Å².